The molecule has 3 nitrogen and oxygen atoms in total. The highest BCUT2D eigenvalue weighted by molar-refractivity contribution is 6.25. The molecule has 0 aromatic heterocycles. The highest BCUT2D eigenvalue weighted by Crippen LogP contribution is 2.40. The van der Waals surface area contributed by atoms with E-state index in [2.05, 4.69) is 0 Å². The number of hydrogen-bond acceptors (Lipinski definition) is 3. The third-order valence-corrected chi connectivity index (χ3v) is 5.48. The van der Waals surface area contributed by atoms with Crippen LogP contribution in [0, 0.1) is 37.9 Å². The molecule has 0 saturated carbocycles. The summed E-state index contributed by atoms with van der Waals surface area (Å²) in [7, 11) is 0. The lowest BCUT2D eigenvalue weighted by molar-refractivity contribution is -0.148. The topological polar surface area (TPSA) is 43.4 Å². The van der Waals surface area contributed by atoms with Crippen molar-refractivity contribution < 1.29 is 18.7 Å². The van der Waals surface area contributed by atoms with Crippen molar-refractivity contribution in [3.05, 3.63) is 75.8 Å². The van der Waals surface area contributed by atoms with Crippen molar-refractivity contribution in [3.63, 3.8) is 0 Å². The number of Topliss-reactive ketones (excluding diaryl/α,β-unsaturated/α-hetero) is 1. The highest BCUT2D eigenvalue weighted by atomic mass is 19.1. The molecule has 1 unspecified atom stereocenters. The van der Waals surface area contributed by atoms with Gasteiger partial charge in [0.2, 0.25) is 0 Å². The Kier molecular flexibility index (Phi) is 5.98. The maximum Gasteiger partial charge on any atom is 0.316 e. The Morgan fingerprint density at radius 2 is 1.63 bits per heavy atom. The fraction of sp³-hybridized carbons (Fsp3) is 0.385. The third-order valence-electron chi connectivity index (χ3n) is 5.48. The first-order chi connectivity index (χ1) is 14.0. The summed E-state index contributed by atoms with van der Waals surface area (Å²) in [4.78, 5) is 26.1. The maximum absolute atomic E-state index is 13.5. The number of benzene rings is 2. The molecule has 0 N–H and O–H groups in total. The molecule has 0 saturated heterocycles. The van der Waals surface area contributed by atoms with Gasteiger partial charge in [0.25, 0.3) is 0 Å². The van der Waals surface area contributed by atoms with Gasteiger partial charge in [0.05, 0.1) is 11.0 Å². The van der Waals surface area contributed by atoms with Gasteiger partial charge in [-0.1, -0.05) is 29.8 Å². The van der Waals surface area contributed by atoms with E-state index in [0.29, 0.717) is 24.2 Å². The fourth-order valence-corrected chi connectivity index (χ4v) is 4.02. The van der Waals surface area contributed by atoms with E-state index in [1.807, 2.05) is 32.9 Å². The number of esters is 1. The van der Waals surface area contributed by atoms with Gasteiger partial charge in [-0.2, -0.15) is 0 Å². The van der Waals surface area contributed by atoms with Crippen molar-refractivity contribution in [2.24, 2.45) is 11.3 Å². The van der Waals surface area contributed by atoms with Crippen LogP contribution in [0.2, 0.25) is 0 Å². The van der Waals surface area contributed by atoms with Gasteiger partial charge in [0, 0.05) is 12.3 Å². The summed E-state index contributed by atoms with van der Waals surface area (Å²) in [5.74, 6) is -0.574. The number of aryl methyl sites for hydroxylation is 3. The molecule has 2 aromatic carbocycles. The molecule has 3 rings (SSSR count). The zero-order valence-corrected chi connectivity index (χ0v) is 18.6. The predicted octanol–water partition coefficient (Wildman–Crippen LogP) is 5.88. The van der Waals surface area contributed by atoms with Crippen molar-refractivity contribution >= 4 is 17.3 Å². The van der Waals surface area contributed by atoms with E-state index in [0.717, 1.165) is 27.8 Å². The maximum atomic E-state index is 13.5. The molecular formula is C26H29FO3. The first-order valence-corrected chi connectivity index (χ1v) is 10.3. The Morgan fingerprint density at radius 3 is 2.17 bits per heavy atom. The molecule has 2 aromatic rings. The third kappa shape index (κ3) is 4.53. The lowest BCUT2D eigenvalue weighted by Gasteiger charge is -2.18. The standard InChI is InChI=1S/C26H29FO3/c1-15-11-16(2)22(17(3)12-15)23-21(30-25(29)26(4,5)6)14-19(24(23)28)13-18-7-9-20(27)10-8-18/h7-12,19H,13-14H2,1-6H3. The summed E-state index contributed by atoms with van der Waals surface area (Å²) in [5.41, 5.74) is 4.67. The lowest BCUT2D eigenvalue weighted by Crippen LogP contribution is -2.22. The van der Waals surface area contributed by atoms with E-state index in [9.17, 15) is 14.0 Å². The fourth-order valence-electron chi connectivity index (χ4n) is 4.02. The number of carbonyl (C=O) groups is 2. The molecule has 0 heterocycles. The number of carbonyl (C=O) groups excluding carboxylic acids is 2. The summed E-state index contributed by atoms with van der Waals surface area (Å²) in [5, 5.41) is 0. The Bertz CT molecular complexity index is 1000. The smallest absolute Gasteiger partial charge is 0.316 e. The molecule has 0 bridgehead atoms. The first-order valence-electron chi connectivity index (χ1n) is 10.3. The van der Waals surface area contributed by atoms with Gasteiger partial charge >= 0.3 is 5.97 Å². The van der Waals surface area contributed by atoms with Gasteiger partial charge in [-0.3, -0.25) is 9.59 Å². The van der Waals surface area contributed by atoms with Gasteiger partial charge in [-0.25, -0.2) is 4.39 Å². The normalized spacial score (nSPS) is 16.9. The SMILES string of the molecule is Cc1cc(C)c(C2=C(OC(=O)C(C)(C)C)CC(Cc3ccc(F)cc3)C2=O)c(C)c1. The van der Waals surface area contributed by atoms with Crippen LogP contribution in [0.5, 0.6) is 0 Å². The first kappa shape index (κ1) is 21.9. The predicted molar refractivity (Wildman–Crippen MR) is 116 cm³/mol. The van der Waals surface area contributed by atoms with Gasteiger partial charge in [-0.15, -0.1) is 0 Å². The van der Waals surface area contributed by atoms with E-state index in [1.54, 1.807) is 32.9 Å². The second-order valence-corrected chi connectivity index (χ2v) is 9.31. The Labute approximate surface area is 178 Å². The van der Waals surface area contributed by atoms with Gasteiger partial charge in [0.1, 0.15) is 11.6 Å². The molecule has 158 valence electrons. The largest absolute Gasteiger partial charge is 0.430 e. The molecule has 0 aliphatic heterocycles. The van der Waals surface area contributed by atoms with E-state index < -0.39 is 5.41 Å². The zero-order chi connectivity index (χ0) is 22.2. The summed E-state index contributed by atoms with van der Waals surface area (Å²) in [6, 6.07) is 10.3. The van der Waals surface area contributed by atoms with Crippen LogP contribution in [0.15, 0.2) is 42.2 Å². The minimum absolute atomic E-state index is 0.0221. The van der Waals surface area contributed by atoms with Crippen molar-refractivity contribution in [2.75, 3.05) is 0 Å². The molecule has 0 amide bonds. The molecule has 0 radical (unpaired) electrons. The van der Waals surface area contributed by atoms with Crippen molar-refractivity contribution in [1.82, 2.24) is 0 Å². The summed E-state index contributed by atoms with van der Waals surface area (Å²) in [6.45, 7) is 11.4. The van der Waals surface area contributed by atoms with E-state index >= 15 is 0 Å². The monoisotopic (exact) mass is 408 g/mol. The molecular weight excluding hydrogens is 379 g/mol. The number of ketones is 1. The molecule has 1 aliphatic carbocycles. The zero-order valence-electron chi connectivity index (χ0n) is 18.6. The Morgan fingerprint density at radius 1 is 1.07 bits per heavy atom. The van der Waals surface area contributed by atoms with Gasteiger partial charge in [0.15, 0.2) is 5.78 Å². The van der Waals surface area contributed by atoms with Crippen LogP contribution in [0.3, 0.4) is 0 Å². The molecule has 1 atom stereocenters. The summed E-state index contributed by atoms with van der Waals surface area (Å²) < 4.78 is 19.1. The summed E-state index contributed by atoms with van der Waals surface area (Å²) in [6.07, 6.45) is 0.837. The van der Waals surface area contributed by atoms with E-state index in [4.69, 9.17) is 4.74 Å². The van der Waals surface area contributed by atoms with Crippen LogP contribution in [0.25, 0.3) is 5.57 Å². The second kappa shape index (κ2) is 8.17. The van der Waals surface area contributed by atoms with Crippen LogP contribution < -0.4 is 0 Å². The van der Waals surface area contributed by atoms with E-state index in [1.165, 1.54) is 12.1 Å². The average molecular weight is 409 g/mol. The van der Waals surface area contributed by atoms with Crippen molar-refractivity contribution in [1.29, 1.82) is 0 Å². The minimum atomic E-state index is -0.673. The Balaban J connectivity index is 2.02. The van der Waals surface area contributed by atoms with Crippen LogP contribution in [-0.2, 0) is 20.7 Å². The average Bonchev–Trinajstić information content (AvgIpc) is 2.91. The van der Waals surface area contributed by atoms with Gasteiger partial charge in [-0.05, 0) is 82.3 Å². The van der Waals surface area contributed by atoms with Crippen LogP contribution >= 0.6 is 0 Å². The second-order valence-electron chi connectivity index (χ2n) is 9.31. The van der Waals surface area contributed by atoms with Crippen LogP contribution in [0.1, 0.15) is 55.0 Å². The Hall–Kier alpha value is -2.75. The highest BCUT2D eigenvalue weighted by Gasteiger charge is 2.38. The van der Waals surface area contributed by atoms with E-state index in [-0.39, 0.29) is 23.5 Å². The number of ether oxygens (including phenoxy) is 1. The minimum Gasteiger partial charge on any atom is -0.430 e. The molecule has 0 spiro atoms. The van der Waals surface area contributed by atoms with Gasteiger partial charge < -0.3 is 4.74 Å². The number of allylic oxidation sites excluding steroid dienone is 2. The van der Waals surface area contributed by atoms with Crippen molar-refractivity contribution in [3.8, 4) is 0 Å². The number of hydrogen-bond donors (Lipinski definition) is 0. The number of halogens is 1. The molecule has 1 aliphatic rings. The summed E-state index contributed by atoms with van der Waals surface area (Å²) >= 11 is 0. The van der Waals surface area contributed by atoms with Crippen LogP contribution in [-0.4, -0.2) is 11.8 Å². The quantitative estimate of drug-likeness (QED) is 0.593. The molecule has 0 fully saturated rings. The molecule has 30 heavy (non-hydrogen) atoms. The van der Waals surface area contributed by atoms with Crippen LogP contribution in [0.4, 0.5) is 4.39 Å². The molecule has 4 heteroatoms. The lowest BCUT2D eigenvalue weighted by atomic mass is 9.89. The van der Waals surface area contributed by atoms with Crippen molar-refractivity contribution in [2.45, 2.75) is 54.4 Å². The number of rotatable bonds is 4.